The average Bonchev–Trinajstić information content (AvgIpc) is 3.05. The van der Waals surface area contributed by atoms with Crippen molar-refractivity contribution in [2.24, 2.45) is 11.8 Å². The van der Waals surface area contributed by atoms with Gasteiger partial charge in [-0.05, 0) is 50.6 Å². The van der Waals surface area contributed by atoms with E-state index in [1.165, 1.54) is 6.42 Å². The number of unbranched alkanes of at least 4 members (excludes halogenated alkanes) is 1. The number of rotatable bonds is 20. The quantitative estimate of drug-likeness (QED) is 0.112. The number of benzene rings is 1. The molecule has 1 aliphatic rings. The van der Waals surface area contributed by atoms with E-state index in [1.807, 2.05) is 37.4 Å². The Morgan fingerprint density at radius 1 is 0.978 bits per heavy atom. The smallest absolute Gasteiger partial charge is 0.242 e. The fourth-order valence-electron chi connectivity index (χ4n) is 5.91. The number of carbonyl (C=O) groups is 3. The SMILES string of the molecule is C#CCCC[C@H](O)[C@H](O)[C@H](CC1CCCCC1)NC(=O)[C@H](CCC#C)NC(=O)[C@@H](CC(=O)N(C)CCNC)Cc1ccccc1. The average molecular weight is 623 g/mol. The van der Waals surface area contributed by atoms with Gasteiger partial charge in [0.25, 0.3) is 0 Å². The van der Waals surface area contributed by atoms with E-state index >= 15 is 0 Å². The molecule has 0 aliphatic heterocycles. The molecule has 3 amide bonds. The second kappa shape index (κ2) is 21.4. The van der Waals surface area contributed by atoms with Gasteiger partial charge in [-0.25, -0.2) is 0 Å². The summed E-state index contributed by atoms with van der Waals surface area (Å²) < 4.78 is 0. The Hall–Kier alpha value is -3.37. The zero-order valence-corrected chi connectivity index (χ0v) is 27.2. The molecule has 5 N–H and O–H groups in total. The summed E-state index contributed by atoms with van der Waals surface area (Å²) in [5.41, 5.74) is 0.905. The first-order chi connectivity index (χ1) is 21.7. The number of aliphatic hydroxyl groups excluding tert-OH is 2. The zero-order valence-electron chi connectivity index (χ0n) is 27.2. The molecule has 1 aliphatic carbocycles. The fourth-order valence-corrected chi connectivity index (χ4v) is 5.91. The summed E-state index contributed by atoms with van der Waals surface area (Å²) in [6, 6.07) is 7.80. The molecule has 1 saturated carbocycles. The minimum atomic E-state index is -1.19. The number of hydrogen-bond acceptors (Lipinski definition) is 6. The molecule has 0 heterocycles. The van der Waals surface area contributed by atoms with Crippen LogP contribution in [0.5, 0.6) is 0 Å². The van der Waals surface area contributed by atoms with Gasteiger partial charge in [0.05, 0.1) is 24.2 Å². The van der Waals surface area contributed by atoms with Gasteiger partial charge in [-0.1, -0.05) is 62.4 Å². The van der Waals surface area contributed by atoms with Crippen LogP contribution in [0.4, 0.5) is 0 Å². The highest BCUT2D eigenvalue weighted by molar-refractivity contribution is 5.91. The number of amides is 3. The van der Waals surface area contributed by atoms with Gasteiger partial charge in [-0.2, -0.15) is 0 Å². The molecule has 9 nitrogen and oxygen atoms in total. The maximum atomic E-state index is 13.8. The fraction of sp³-hybridized carbons (Fsp3) is 0.639. The predicted molar refractivity (Wildman–Crippen MR) is 178 cm³/mol. The summed E-state index contributed by atoms with van der Waals surface area (Å²) in [5.74, 6) is 3.66. The Morgan fingerprint density at radius 2 is 1.67 bits per heavy atom. The summed E-state index contributed by atoms with van der Waals surface area (Å²) in [6.45, 7) is 1.13. The van der Waals surface area contributed by atoms with Crippen LogP contribution in [0.2, 0.25) is 0 Å². The molecule has 45 heavy (non-hydrogen) atoms. The van der Waals surface area contributed by atoms with E-state index in [-0.39, 0.29) is 25.2 Å². The molecule has 0 radical (unpaired) electrons. The third kappa shape index (κ3) is 14.1. The van der Waals surface area contributed by atoms with Gasteiger partial charge in [0.2, 0.25) is 17.7 Å². The Bertz CT molecular complexity index is 1110. The summed E-state index contributed by atoms with van der Waals surface area (Å²) in [6.07, 6.45) is 16.7. The lowest BCUT2D eigenvalue weighted by atomic mass is 9.82. The highest BCUT2D eigenvalue weighted by atomic mass is 16.3. The van der Waals surface area contributed by atoms with Crippen molar-refractivity contribution in [2.45, 2.75) is 108 Å². The molecule has 0 spiro atoms. The molecule has 0 saturated heterocycles. The number of terminal acetylenes is 2. The van der Waals surface area contributed by atoms with Gasteiger partial charge in [0.1, 0.15) is 6.04 Å². The summed E-state index contributed by atoms with van der Waals surface area (Å²) in [4.78, 5) is 42.2. The second-order valence-electron chi connectivity index (χ2n) is 12.3. The van der Waals surface area contributed by atoms with Crippen LogP contribution < -0.4 is 16.0 Å². The molecule has 2 rings (SSSR count). The highest BCUT2D eigenvalue weighted by Gasteiger charge is 2.34. The van der Waals surface area contributed by atoms with E-state index in [0.717, 1.165) is 31.2 Å². The van der Waals surface area contributed by atoms with Crippen molar-refractivity contribution >= 4 is 17.7 Å². The van der Waals surface area contributed by atoms with Gasteiger partial charge < -0.3 is 31.1 Å². The monoisotopic (exact) mass is 622 g/mol. The minimum absolute atomic E-state index is 0.0166. The molecule has 9 heteroatoms. The third-order valence-corrected chi connectivity index (χ3v) is 8.72. The number of nitrogens with one attached hydrogen (secondary N) is 3. The number of nitrogens with zero attached hydrogens (tertiary/aromatic N) is 1. The Kier molecular flexibility index (Phi) is 18.0. The van der Waals surface area contributed by atoms with E-state index < -0.39 is 42.0 Å². The van der Waals surface area contributed by atoms with E-state index in [9.17, 15) is 24.6 Å². The minimum Gasteiger partial charge on any atom is -0.390 e. The first-order valence-corrected chi connectivity index (χ1v) is 16.5. The van der Waals surface area contributed by atoms with Crippen LogP contribution >= 0.6 is 0 Å². The second-order valence-corrected chi connectivity index (χ2v) is 12.3. The van der Waals surface area contributed by atoms with Gasteiger partial charge in [-0.15, -0.1) is 24.7 Å². The third-order valence-electron chi connectivity index (χ3n) is 8.72. The number of aliphatic hydroxyl groups is 2. The van der Waals surface area contributed by atoms with Crippen molar-refractivity contribution in [1.82, 2.24) is 20.9 Å². The highest BCUT2D eigenvalue weighted by Crippen LogP contribution is 2.29. The molecule has 0 bridgehead atoms. The molecule has 1 aromatic rings. The Balaban J connectivity index is 2.23. The maximum absolute atomic E-state index is 13.8. The van der Waals surface area contributed by atoms with Crippen molar-refractivity contribution in [3.05, 3.63) is 35.9 Å². The van der Waals surface area contributed by atoms with Crippen molar-refractivity contribution < 1.29 is 24.6 Å². The normalized spacial score (nSPS) is 16.7. The molecular formula is C36H54N4O5. The standard InChI is InChI=1S/C36H54N4O5/c1-5-7-11-21-32(41)34(43)31(25-28-18-14-10-15-19-28)39-36(45)30(20-8-6-2)38-35(44)29(24-27-16-12-9-13-17-27)26-33(42)40(4)23-22-37-3/h1-2,9,12-13,16-17,28-32,34,37,41,43H,7-8,10-11,14-15,18-26H2,3-4H3,(H,38,44)(H,39,45)/t29-,30+,31+,32+,34-/m1/s1. The topological polar surface area (TPSA) is 131 Å². The predicted octanol–water partition coefficient (Wildman–Crippen LogP) is 2.79. The van der Waals surface area contributed by atoms with E-state index in [2.05, 4.69) is 27.8 Å². The molecule has 0 aromatic heterocycles. The first kappa shape index (κ1) is 37.8. The maximum Gasteiger partial charge on any atom is 0.242 e. The van der Waals surface area contributed by atoms with Gasteiger partial charge >= 0.3 is 0 Å². The van der Waals surface area contributed by atoms with Crippen molar-refractivity contribution in [3.8, 4) is 24.7 Å². The van der Waals surface area contributed by atoms with Crippen LogP contribution in [0.1, 0.15) is 82.6 Å². The largest absolute Gasteiger partial charge is 0.390 e. The zero-order chi connectivity index (χ0) is 33.0. The summed E-state index contributed by atoms with van der Waals surface area (Å²) in [5, 5.41) is 30.8. The van der Waals surface area contributed by atoms with E-state index in [0.29, 0.717) is 51.1 Å². The molecule has 1 fully saturated rings. The van der Waals surface area contributed by atoms with E-state index in [1.54, 1.807) is 11.9 Å². The van der Waals surface area contributed by atoms with Crippen LogP contribution in [0.25, 0.3) is 0 Å². The van der Waals surface area contributed by atoms with E-state index in [4.69, 9.17) is 12.8 Å². The molecule has 248 valence electrons. The van der Waals surface area contributed by atoms with Gasteiger partial charge in [0.15, 0.2) is 0 Å². The van der Waals surface area contributed by atoms with Crippen molar-refractivity contribution in [2.75, 3.05) is 27.2 Å². The van der Waals surface area contributed by atoms with Crippen molar-refractivity contribution in [1.29, 1.82) is 0 Å². The number of hydrogen-bond donors (Lipinski definition) is 5. The first-order valence-electron chi connectivity index (χ1n) is 16.5. The van der Waals surface area contributed by atoms with Crippen LogP contribution in [0, 0.1) is 36.5 Å². The molecular weight excluding hydrogens is 568 g/mol. The van der Waals surface area contributed by atoms with Crippen molar-refractivity contribution in [3.63, 3.8) is 0 Å². The Morgan fingerprint density at radius 3 is 2.31 bits per heavy atom. The van der Waals surface area contributed by atoms with Crippen LogP contribution in [0.15, 0.2) is 30.3 Å². The van der Waals surface area contributed by atoms with Crippen LogP contribution in [-0.4, -0.2) is 84.3 Å². The van der Waals surface area contributed by atoms with Gasteiger partial charge in [0, 0.05) is 39.4 Å². The lowest BCUT2D eigenvalue weighted by Gasteiger charge is -2.33. The molecule has 5 atom stereocenters. The van der Waals surface area contributed by atoms with Crippen LogP contribution in [0.3, 0.4) is 0 Å². The lowest BCUT2D eigenvalue weighted by Crippen LogP contribution is -2.56. The lowest BCUT2D eigenvalue weighted by molar-refractivity contribution is -0.137. The molecule has 0 unspecified atom stereocenters. The van der Waals surface area contributed by atoms with Gasteiger partial charge in [-0.3, -0.25) is 14.4 Å². The number of carbonyl (C=O) groups excluding carboxylic acids is 3. The number of likely N-dealkylation sites (N-methyl/N-ethyl adjacent to an activating group) is 2. The summed E-state index contributed by atoms with van der Waals surface area (Å²) in [7, 11) is 3.52. The summed E-state index contributed by atoms with van der Waals surface area (Å²) >= 11 is 0. The molecule has 1 aromatic carbocycles. The van der Waals surface area contributed by atoms with Crippen LogP contribution in [-0.2, 0) is 20.8 Å². The Labute approximate surface area is 270 Å².